The van der Waals surface area contributed by atoms with Gasteiger partial charge >= 0.3 is 0 Å². The van der Waals surface area contributed by atoms with Crippen molar-refractivity contribution in [3.05, 3.63) is 16.1 Å². The third-order valence-corrected chi connectivity index (χ3v) is 6.20. The molecule has 0 saturated heterocycles. The van der Waals surface area contributed by atoms with Crippen LogP contribution in [0.15, 0.2) is 6.20 Å². The maximum Gasteiger partial charge on any atom is 0.0897 e. The van der Waals surface area contributed by atoms with E-state index in [0.717, 1.165) is 24.4 Å². The standard InChI is InChI=1S/C17H28N2S/c1-13-18-11-15(20-13)12-19-17-10-6-5-9-16(17)14-7-3-2-4-8-14/h11,14,16-17,19H,2-10,12H2,1H3. The van der Waals surface area contributed by atoms with Crippen molar-refractivity contribution >= 4 is 11.3 Å². The molecule has 2 nitrogen and oxygen atoms in total. The molecule has 3 rings (SSSR count). The summed E-state index contributed by atoms with van der Waals surface area (Å²) in [6.45, 7) is 3.12. The molecule has 1 heterocycles. The second-order valence-electron chi connectivity index (χ2n) is 6.68. The second kappa shape index (κ2) is 7.04. The fourth-order valence-corrected chi connectivity index (χ4v) is 5.00. The van der Waals surface area contributed by atoms with Crippen molar-refractivity contribution in [3.63, 3.8) is 0 Å². The van der Waals surface area contributed by atoms with Gasteiger partial charge in [-0.3, -0.25) is 0 Å². The summed E-state index contributed by atoms with van der Waals surface area (Å²) in [6, 6.07) is 0.759. The van der Waals surface area contributed by atoms with E-state index in [4.69, 9.17) is 0 Å². The molecule has 0 amide bonds. The fourth-order valence-electron chi connectivity index (χ4n) is 4.26. The third kappa shape index (κ3) is 3.62. The number of nitrogens with one attached hydrogen (secondary N) is 1. The predicted molar refractivity (Wildman–Crippen MR) is 86.0 cm³/mol. The van der Waals surface area contributed by atoms with Crippen LogP contribution in [-0.2, 0) is 6.54 Å². The van der Waals surface area contributed by atoms with Crippen molar-refractivity contribution in [2.45, 2.75) is 77.3 Å². The molecule has 2 saturated carbocycles. The van der Waals surface area contributed by atoms with Gasteiger partial charge in [0.1, 0.15) is 0 Å². The topological polar surface area (TPSA) is 24.9 Å². The molecule has 2 fully saturated rings. The summed E-state index contributed by atoms with van der Waals surface area (Å²) < 4.78 is 0. The minimum Gasteiger partial charge on any atom is -0.309 e. The molecule has 1 aromatic rings. The summed E-state index contributed by atoms with van der Waals surface area (Å²) in [5.41, 5.74) is 0. The van der Waals surface area contributed by atoms with Gasteiger partial charge < -0.3 is 5.32 Å². The van der Waals surface area contributed by atoms with E-state index in [1.807, 2.05) is 17.5 Å². The molecule has 0 bridgehead atoms. The first-order chi connectivity index (χ1) is 9.83. The van der Waals surface area contributed by atoms with Crippen LogP contribution in [0.25, 0.3) is 0 Å². The average molecular weight is 292 g/mol. The highest BCUT2D eigenvalue weighted by Crippen LogP contribution is 2.38. The quantitative estimate of drug-likeness (QED) is 0.871. The van der Waals surface area contributed by atoms with E-state index in [-0.39, 0.29) is 0 Å². The Bertz CT molecular complexity index is 409. The van der Waals surface area contributed by atoms with E-state index < -0.39 is 0 Å². The summed E-state index contributed by atoms with van der Waals surface area (Å²) in [4.78, 5) is 5.77. The lowest BCUT2D eigenvalue weighted by molar-refractivity contribution is 0.149. The Morgan fingerprint density at radius 2 is 1.85 bits per heavy atom. The van der Waals surface area contributed by atoms with E-state index in [2.05, 4.69) is 17.2 Å². The highest BCUT2D eigenvalue weighted by atomic mass is 32.1. The molecule has 1 aromatic heterocycles. The van der Waals surface area contributed by atoms with Crippen molar-refractivity contribution in [1.82, 2.24) is 10.3 Å². The third-order valence-electron chi connectivity index (χ3n) is 5.28. The van der Waals surface area contributed by atoms with Crippen molar-refractivity contribution in [3.8, 4) is 0 Å². The number of rotatable bonds is 4. The minimum atomic E-state index is 0.759. The molecular weight excluding hydrogens is 264 g/mol. The number of nitrogens with zero attached hydrogens (tertiary/aromatic N) is 1. The molecule has 0 aliphatic heterocycles. The first-order valence-corrected chi connectivity index (χ1v) is 9.29. The van der Waals surface area contributed by atoms with Crippen molar-refractivity contribution in [2.24, 2.45) is 11.8 Å². The molecule has 0 aromatic carbocycles. The smallest absolute Gasteiger partial charge is 0.0897 e. The first-order valence-electron chi connectivity index (χ1n) is 8.47. The Hall–Kier alpha value is -0.410. The lowest BCUT2D eigenvalue weighted by Gasteiger charge is -2.39. The van der Waals surface area contributed by atoms with Crippen LogP contribution in [0.4, 0.5) is 0 Å². The zero-order chi connectivity index (χ0) is 13.8. The number of thiazole rings is 1. The highest BCUT2D eigenvalue weighted by Gasteiger charge is 2.32. The Morgan fingerprint density at radius 1 is 1.10 bits per heavy atom. The van der Waals surface area contributed by atoms with E-state index in [1.54, 1.807) is 0 Å². The number of hydrogen-bond donors (Lipinski definition) is 1. The molecule has 0 radical (unpaired) electrons. The van der Waals surface area contributed by atoms with Crippen LogP contribution in [0.5, 0.6) is 0 Å². The van der Waals surface area contributed by atoms with Gasteiger partial charge in [-0.1, -0.05) is 44.9 Å². The molecular formula is C17H28N2S. The van der Waals surface area contributed by atoms with Crippen LogP contribution >= 0.6 is 11.3 Å². The van der Waals surface area contributed by atoms with Gasteiger partial charge in [0, 0.05) is 23.7 Å². The SMILES string of the molecule is Cc1ncc(CNC2CCCCC2C2CCCCC2)s1. The van der Waals surface area contributed by atoms with Gasteiger partial charge in [-0.25, -0.2) is 4.98 Å². The summed E-state index contributed by atoms with van der Waals surface area (Å²) in [5, 5.41) is 5.06. The summed E-state index contributed by atoms with van der Waals surface area (Å²) in [5.74, 6) is 1.95. The van der Waals surface area contributed by atoms with Gasteiger partial charge in [-0.2, -0.15) is 0 Å². The Labute approximate surface area is 127 Å². The molecule has 0 spiro atoms. The Balaban J connectivity index is 1.57. The Kier molecular flexibility index (Phi) is 5.11. The van der Waals surface area contributed by atoms with Crippen LogP contribution < -0.4 is 5.32 Å². The van der Waals surface area contributed by atoms with Gasteiger partial charge in [0.15, 0.2) is 0 Å². The van der Waals surface area contributed by atoms with Crippen molar-refractivity contribution in [2.75, 3.05) is 0 Å². The number of aromatic nitrogens is 1. The second-order valence-corrected chi connectivity index (χ2v) is 8.00. The Morgan fingerprint density at radius 3 is 2.60 bits per heavy atom. The van der Waals surface area contributed by atoms with Crippen LogP contribution in [-0.4, -0.2) is 11.0 Å². The summed E-state index contributed by atoms with van der Waals surface area (Å²) in [7, 11) is 0. The fraction of sp³-hybridized carbons (Fsp3) is 0.824. The van der Waals surface area contributed by atoms with Gasteiger partial charge in [0.05, 0.1) is 5.01 Å². The molecule has 112 valence electrons. The van der Waals surface area contributed by atoms with E-state index in [0.29, 0.717) is 0 Å². The molecule has 3 heteroatoms. The molecule has 1 N–H and O–H groups in total. The molecule has 2 unspecified atom stereocenters. The maximum absolute atomic E-state index is 4.37. The van der Waals surface area contributed by atoms with Gasteiger partial charge in [0.25, 0.3) is 0 Å². The van der Waals surface area contributed by atoms with E-state index >= 15 is 0 Å². The van der Waals surface area contributed by atoms with Crippen LogP contribution in [0.2, 0.25) is 0 Å². The number of aryl methyl sites for hydroxylation is 1. The molecule has 2 aliphatic rings. The summed E-state index contributed by atoms with van der Waals surface area (Å²) >= 11 is 1.84. The van der Waals surface area contributed by atoms with Crippen LogP contribution in [0.3, 0.4) is 0 Å². The largest absolute Gasteiger partial charge is 0.309 e. The zero-order valence-electron chi connectivity index (χ0n) is 12.7. The number of hydrogen-bond acceptors (Lipinski definition) is 3. The lowest BCUT2D eigenvalue weighted by atomic mass is 9.71. The first kappa shape index (κ1) is 14.5. The molecule has 2 aliphatic carbocycles. The average Bonchev–Trinajstić information content (AvgIpc) is 2.92. The monoisotopic (exact) mass is 292 g/mol. The predicted octanol–water partition coefficient (Wildman–Crippen LogP) is 4.68. The van der Waals surface area contributed by atoms with Gasteiger partial charge in [-0.05, 0) is 31.6 Å². The van der Waals surface area contributed by atoms with Gasteiger partial charge in [0.2, 0.25) is 0 Å². The molecule has 20 heavy (non-hydrogen) atoms. The molecule has 2 atom stereocenters. The highest BCUT2D eigenvalue weighted by molar-refractivity contribution is 7.11. The van der Waals surface area contributed by atoms with Crippen molar-refractivity contribution in [1.29, 1.82) is 0 Å². The van der Waals surface area contributed by atoms with Crippen LogP contribution in [0, 0.1) is 18.8 Å². The minimum absolute atomic E-state index is 0.759. The lowest BCUT2D eigenvalue weighted by Crippen LogP contribution is -2.42. The summed E-state index contributed by atoms with van der Waals surface area (Å²) in [6.07, 6.45) is 15.2. The normalized spacial score (nSPS) is 28.6. The van der Waals surface area contributed by atoms with Crippen LogP contribution in [0.1, 0.15) is 67.7 Å². The van der Waals surface area contributed by atoms with Gasteiger partial charge in [-0.15, -0.1) is 11.3 Å². The maximum atomic E-state index is 4.37. The van der Waals surface area contributed by atoms with Crippen molar-refractivity contribution < 1.29 is 0 Å². The van der Waals surface area contributed by atoms with E-state index in [9.17, 15) is 0 Å². The zero-order valence-corrected chi connectivity index (χ0v) is 13.6. The van der Waals surface area contributed by atoms with E-state index in [1.165, 1.54) is 67.7 Å².